The Balaban J connectivity index is 1.50. The van der Waals surface area contributed by atoms with Crippen LogP contribution in [-0.4, -0.2) is 63.4 Å². The Kier molecular flexibility index (Phi) is 9.13. The molecule has 47 heavy (non-hydrogen) atoms. The van der Waals surface area contributed by atoms with Gasteiger partial charge < -0.3 is 33.3 Å². The summed E-state index contributed by atoms with van der Waals surface area (Å²) in [6.45, 7) is 6.19. The van der Waals surface area contributed by atoms with Crippen LogP contribution in [0.5, 0.6) is 17.2 Å². The largest absolute Gasteiger partial charge is 0.496 e. The monoisotopic (exact) mass is 669 g/mol. The molecule has 4 aromatic rings. The van der Waals surface area contributed by atoms with Crippen molar-refractivity contribution in [3.63, 3.8) is 0 Å². The van der Waals surface area contributed by atoms with Gasteiger partial charge in [-0.05, 0) is 52.2 Å². The minimum atomic E-state index is -1.41. The van der Waals surface area contributed by atoms with Gasteiger partial charge in [-0.15, -0.1) is 0 Å². The average molecular weight is 670 g/mol. The lowest BCUT2D eigenvalue weighted by Gasteiger charge is -2.36. The van der Waals surface area contributed by atoms with Crippen LogP contribution >= 0.6 is 11.6 Å². The van der Waals surface area contributed by atoms with Crippen molar-refractivity contribution in [2.45, 2.75) is 57.5 Å². The molecule has 0 spiro atoms. The average Bonchev–Trinajstić information content (AvgIpc) is 3.36. The SMILES string of the molecule is COc1c2c3c(cc(F)c(Cl)c3c3c(F)c(OCCOC4CCCCO4)ccc13)O[C@]2(CN(C)C(=O)OC(C)(C)C)c1ccccc1. The zero-order chi connectivity index (χ0) is 33.5. The van der Waals surface area contributed by atoms with Crippen molar-refractivity contribution in [2.24, 2.45) is 0 Å². The summed E-state index contributed by atoms with van der Waals surface area (Å²) in [5.74, 6) is -1.16. The molecule has 2 aliphatic rings. The van der Waals surface area contributed by atoms with E-state index < -0.39 is 28.9 Å². The summed E-state index contributed by atoms with van der Waals surface area (Å²) in [6, 6.07) is 13.5. The maximum atomic E-state index is 16.5. The zero-order valence-corrected chi connectivity index (χ0v) is 27.8. The lowest BCUT2D eigenvalue weighted by Crippen LogP contribution is -2.46. The molecule has 250 valence electrons. The smallest absolute Gasteiger partial charge is 0.410 e. The van der Waals surface area contributed by atoms with Crippen molar-refractivity contribution >= 4 is 39.2 Å². The number of carbonyl (C=O) groups is 1. The van der Waals surface area contributed by atoms with Crippen LogP contribution in [0.25, 0.3) is 21.5 Å². The summed E-state index contributed by atoms with van der Waals surface area (Å²) in [5, 5.41) is 0.555. The summed E-state index contributed by atoms with van der Waals surface area (Å²) < 4.78 is 67.7. The minimum absolute atomic E-state index is 0.0216. The first-order valence-corrected chi connectivity index (χ1v) is 16.0. The number of amides is 1. The number of likely N-dealkylation sites (N-methyl/N-ethyl adjacent to an activating group) is 1. The number of methoxy groups -OCH3 is 1. The summed E-state index contributed by atoms with van der Waals surface area (Å²) in [6.07, 6.45) is 1.93. The van der Waals surface area contributed by atoms with Crippen LogP contribution in [0.4, 0.5) is 13.6 Å². The molecule has 1 fully saturated rings. The number of rotatable bonds is 9. The molecule has 8 nitrogen and oxygen atoms in total. The molecule has 2 atom stereocenters. The molecule has 0 radical (unpaired) electrons. The molecular weight excluding hydrogens is 632 g/mol. The van der Waals surface area contributed by atoms with Gasteiger partial charge in [0, 0.05) is 46.8 Å². The number of ether oxygens (including phenoxy) is 6. The third-order valence-corrected chi connectivity index (χ3v) is 8.71. The number of benzene rings is 4. The predicted molar refractivity (Wildman–Crippen MR) is 175 cm³/mol. The summed E-state index contributed by atoms with van der Waals surface area (Å²) in [7, 11) is 3.07. The Morgan fingerprint density at radius 1 is 1.06 bits per heavy atom. The second kappa shape index (κ2) is 13.0. The first-order valence-electron chi connectivity index (χ1n) is 15.6. The molecule has 6 rings (SSSR count). The Bertz CT molecular complexity index is 1810. The lowest BCUT2D eigenvalue weighted by atomic mass is 9.82. The third kappa shape index (κ3) is 6.14. The van der Waals surface area contributed by atoms with Gasteiger partial charge in [-0.1, -0.05) is 41.9 Å². The molecule has 2 heterocycles. The number of hydrogen-bond acceptors (Lipinski definition) is 7. The summed E-state index contributed by atoms with van der Waals surface area (Å²) in [5.41, 5.74) is -1.02. The van der Waals surface area contributed by atoms with E-state index in [4.69, 9.17) is 40.0 Å². The molecule has 0 aliphatic carbocycles. The highest BCUT2D eigenvalue weighted by molar-refractivity contribution is 6.39. The van der Waals surface area contributed by atoms with Crippen LogP contribution < -0.4 is 14.2 Å². The topological polar surface area (TPSA) is 75.7 Å². The fourth-order valence-electron chi connectivity index (χ4n) is 6.38. The Labute approximate surface area is 277 Å². The van der Waals surface area contributed by atoms with Gasteiger partial charge in [0.25, 0.3) is 0 Å². The number of halogens is 3. The van der Waals surface area contributed by atoms with E-state index in [0.717, 1.165) is 19.3 Å². The standard InChI is InChI=1S/C36H38ClF2NO7/c1-35(2,3)47-34(41)40(4)20-36(21-11-7-6-8-12-21)30-28-25(46-36)19-23(38)31(37)29(28)27-22(33(30)42-5)14-15-24(32(27)39)43-17-18-45-26-13-9-10-16-44-26/h6-8,11-12,14-15,19,26H,9-10,13,16-18,20H2,1-5H3/t26?,36-/m1/s1. The van der Waals surface area contributed by atoms with Crippen LogP contribution in [0.1, 0.15) is 51.2 Å². The van der Waals surface area contributed by atoms with E-state index in [2.05, 4.69) is 0 Å². The van der Waals surface area contributed by atoms with E-state index in [1.54, 1.807) is 33.9 Å². The molecule has 0 N–H and O–H groups in total. The maximum Gasteiger partial charge on any atom is 0.410 e. The van der Waals surface area contributed by atoms with Crippen LogP contribution in [-0.2, 0) is 19.8 Å². The van der Waals surface area contributed by atoms with Crippen molar-refractivity contribution < 1.29 is 42.0 Å². The predicted octanol–water partition coefficient (Wildman–Crippen LogP) is 8.36. The van der Waals surface area contributed by atoms with E-state index in [-0.39, 0.29) is 53.3 Å². The van der Waals surface area contributed by atoms with Crippen LogP contribution in [0.15, 0.2) is 48.5 Å². The molecule has 0 aromatic heterocycles. The highest BCUT2D eigenvalue weighted by atomic mass is 35.5. The number of hydrogen-bond donors (Lipinski definition) is 0. The Morgan fingerprint density at radius 3 is 2.51 bits per heavy atom. The molecule has 11 heteroatoms. The third-order valence-electron chi connectivity index (χ3n) is 8.34. The zero-order valence-electron chi connectivity index (χ0n) is 27.1. The number of fused-ring (bicyclic) bond motifs is 2. The van der Waals surface area contributed by atoms with Crippen molar-refractivity contribution in [3.05, 3.63) is 76.3 Å². The Hall–Kier alpha value is -3.86. The van der Waals surface area contributed by atoms with Gasteiger partial charge in [-0.25, -0.2) is 13.6 Å². The van der Waals surface area contributed by atoms with E-state index in [9.17, 15) is 4.79 Å². The molecule has 1 saturated heterocycles. The van der Waals surface area contributed by atoms with Gasteiger partial charge in [0.05, 0.1) is 30.8 Å². The van der Waals surface area contributed by atoms with Crippen molar-refractivity contribution in [1.82, 2.24) is 4.90 Å². The second-order valence-electron chi connectivity index (χ2n) is 12.8. The molecule has 0 bridgehead atoms. The fraction of sp³-hybridized carbons (Fsp3) is 0.417. The van der Waals surface area contributed by atoms with Gasteiger partial charge in [-0.3, -0.25) is 0 Å². The van der Waals surface area contributed by atoms with E-state index in [1.165, 1.54) is 24.1 Å². The van der Waals surface area contributed by atoms with Crippen molar-refractivity contribution in [3.8, 4) is 17.2 Å². The van der Waals surface area contributed by atoms with E-state index in [1.807, 2.05) is 30.3 Å². The second-order valence-corrected chi connectivity index (χ2v) is 13.2. The molecule has 0 saturated carbocycles. The molecule has 4 aromatic carbocycles. The van der Waals surface area contributed by atoms with Gasteiger partial charge in [-0.2, -0.15) is 0 Å². The van der Waals surface area contributed by atoms with Gasteiger partial charge in [0.15, 0.2) is 23.5 Å². The first-order chi connectivity index (χ1) is 22.4. The van der Waals surface area contributed by atoms with E-state index >= 15 is 8.78 Å². The molecule has 1 amide bonds. The maximum absolute atomic E-state index is 16.5. The number of nitrogens with zero attached hydrogens (tertiary/aromatic N) is 1. The number of carbonyl (C=O) groups excluding carboxylic acids is 1. The molecular formula is C36H38ClF2NO7. The summed E-state index contributed by atoms with van der Waals surface area (Å²) >= 11 is 6.68. The highest BCUT2D eigenvalue weighted by Gasteiger charge is 2.49. The van der Waals surface area contributed by atoms with Crippen LogP contribution in [0.3, 0.4) is 0 Å². The normalized spacial score (nSPS) is 19.1. The van der Waals surface area contributed by atoms with Gasteiger partial charge in [0.1, 0.15) is 29.5 Å². The Morgan fingerprint density at radius 2 is 1.83 bits per heavy atom. The van der Waals surface area contributed by atoms with Crippen molar-refractivity contribution in [2.75, 3.05) is 40.5 Å². The van der Waals surface area contributed by atoms with E-state index in [0.29, 0.717) is 34.3 Å². The quantitative estimate of drug-likeness (QED) is 0.131. The highest BCUT2D eigenvalue weighted by Crippen LogP contribution is 2.57. The summed E-state index contributed by atoms with van der Waals surface area (Å²) in [4.78, 5) is 14.6. The van der Waals surface area contributed by atoms with Gasteiger partial charge in [0.2, 0.25) is 0 Å². The van der Waals surface area contributed by atoms with Crippen molar-refractivity contribution in [1.29, 1.82) is 0 Å². The van der Waals surface area contributed by atoms with Gasteiger partial charge >= 0.3 is 6.09 Å². The minimum Gasteiger partial charge on any atom is -0.496 e. The molecule has 2 aliphatic heterocycles. The fourth-order valence-corrected chi connectivity index (χ4v) is 6.62. The first kappa shape index (κ1) is 33.1. The van der Waals surface area contributed by atoms with Crippen LogP contribution in [0.2, 0.25) is 5.02 Å². The molecule has 1 unspecified atom stereocenters. The van der Waals surface area contributed by atoms with Crippen LogP contribution in [0, 0.1) is 11.6 Å². The lowest BCUT2D eigenvalue weighted by molar-refractivity contribution is -0.165.